The molecule has 0 N–H and O–H groups in total. The van der Waals surface area contributed by atoms with Crippen LogP contribution in [0.2, 0.25) is 0 Å². The maximum absolute atomic E-state index is 5.92. The lowest BCUT2D eigenvalue weighted by Gasteiger charge is -2.04. The van der Waals surface area contributed by atoms with Crippen LogP contribution in [-0.2, 0) is 0 Å². The predicted molar refractivity (Wildman–Crippen MR) is 90.2 cm³/mol. The topological polar surface area (TPSA) is 0 Å². The summed E-state index contributed by atoms with van der Waals surface area (Å²) in [4.78, 5) is 0. The van der Waals surface area contributed by atoms with Gasteiger partial charge in [-0.1, -0.05) is 66.1 Å². The number of benzene rings is 3. The van der Waals surface area contributed by atoms with Gasteiger partial charge in [-0.25, -0.2) is 0 Å². The van der Waals surface area contributed by atoms with E-state index >= 15 is 0 Å². The average Bonchev–Trinajstić information content (AvgIpc) is 2.86. The lowest BCUT2D eigenvalue weighted by atomic mass is 9.92. The summed E-state index contributed by atoms with van der Waals surface area (Å²) < 4.78 is 2.66. The van der Waals surface area contributed by atoms with E-state index < -0.39 is 0 Å². The fourth-order valence-corrected chi connectivity index (χ4v) is 3.92. The maximum Gasteiger partial charge on any atom is 0.113 e. The molecule has 0 spiro atoms. The Kier molecular flexibility index (Phi) is 2.64. The molecule has 2 heteroatoms. The van der Waals surface area contributed by atoms with E-state index in [1.807, 2.05) is 29.5 Å². The molecule has 3 aromatic carbocycles. The fourth-order valence-electron chi connectivity index (χ4n) is 2.68. The molecule has 92 valence electrons. The molecule has 4 rings (SSSR count). The predicted octanol–water partition coefficient (Wildman–Crippen LogP) is 4.52. The molecular formula is C18H11BS. The highest BCUT2D eigenvalue weighted by Crippen LogP contribution is 2.39. The van der Waals surface area contributed by atoms with Crippen LogP contribution in [0.3, 0.4) is 0 Å². The van der Waals surface area contributed by atoms with Crippen LogP contribution in [0.5, 0.6) is 0 Å². The fraction of sp³-hybridized carbons (Fsp3) is 0. The zero-order valence-corrected chi connectivity index (χ0v) is 11.7. The molecule has 0 saturated carbocycles. The standard InChI is InChI=1S/C18H11BS/c19-13-6-3-5-12(11-13)14-8-4-9-16-15-7-1-2-10-17(15)20-18(14)16/h1-11H. The molecule has 0 amide bonds. The summed E-state index contributed by atoms with van der Waals surface area (Å²) in [7, 11) is 5.92. The second-order valence-corrected chi connectivity index (χ2v) is 5.96. The Labute approximate surface area is 123 Å². The van der Waals surface area contributed by atoms with E-state index in [1.165, 1.54) is 31.3 Å². The summed E-state index contributed by atoms with van der Waals surface area (Å²) in [5.41, 5.74) is 3.25. The van der Waals surface area contributed by atoms with E-state index in [0.717, 1.165) is 5.46 Å². The van der Waals surface area contributed by atoms with Crippen LogP contribution in [-0.4, -0.2) is 7.85 Å². The van der Waals surface area contributed by atoms with Gasteiger partial charge in [0.15, 0.2) is 0 Å². The van der Waals surface area contributed by atoms with Crippen LogP contribution in [0.1, 0.15) is 0 Å². The van der Waals surface area contributed by atoms with Gasteiger partial charge in [-0.05, 0) is 17.2 Å². The molecular weight excluding hydrogens is 259 g/mol. The maximum atomic E-state index is 5.92. The van der Waals surface area contributed by atoms with E-state index in [1.54, 1.807) is 0 Å². The third-order valence-corrected chi connectivity index (χ3v) is 4.82. The molecule has 0 atom stereocenters. The molecule has 4 aromatic rings. The summed E-state index contributed by atoms with van der Waals surface area (Å²) in [6.07, 6.45) is 0. The lowest BCUT2D eigenvalue weighted by Crippen LogP contribution is -2.00. The second-order valence-electron chi connectivity index (χ2n) is 4.91. The highest BCUT2D eigenvalue weighted by molar-refractivity contribution is 7.26. The molecule has 0 saturated heterocycles. The van der Waals surface area contributed by atoms with Gasteiger partial charge in [-0.2, -0.15) is 0 Å². The van der Waals surface area contributed by atoms with Crippen LogP contribution < -0.4 is 5.46 Å². The van der Waals surface area contributed by atoms with Gasteiger partial charge in [0.25, 0.3) is 0 Å². The minimum Gasteiger partial charge on any atom is -0.135 e. The van der Waals surface area contributed by atoms with Crippen molar-refractivity contribution >= 4 is 44.8 Å². The monoisotopic (exact) mass is 270 g/mol. The minimum atomic E-state index is 0.806. The number of hydrogen-bond acceptors (Lipinski definition) is 1. The second kappa shape index (κ2) is 4.50. The van der Waals surface area contributed by atoms with Gasteiger partial charge in [0, 0.05) is 20.2 Å². The van der Waals surface area contributed by atoms with Crippen LogP contribution in [0, 0.1) is 0 Å². The Morgan fingerprint density at radius 2 is 1.55 bits per heavy atom. The molecule has 0 aliphatic heterocycles. The Morgan fingerprint density at radius 3 is 2.45 bits per heavy atom. The molecule has 1 heterocycles. The number of fused-ring (bicyclic) bond motifs is 3. The van der Waals surface area contributed by atoms with Crippen LogP contribution in [0.25, 0.3) is 31.3 Å². The van der Waals surface area contributed by atoms with Crippen molar-refractivity contribution in [1.29, 1.82) is 0 Å². The molecule has 0 aliphatic carbocycles. The van der Waals surface area contributed by atoms with Gasteiger partial charge in [0.05, 0.1) is 0 Å². The zero-order valence-electron chi connectivity index (χ0n) is 10.8. The Morgan fingerprint density at radius 1 is 0.750 bits per heavy atom. The highest BCUT2D eigenvalue weighted by atomic mass is 32.1. The third kappa shape index (κ3) is 1.76. The molecule has 0 aliphatic rings. The summed E-state index contributed by atoms with van der Waals surface area (Å²) in [5, 5.41) is 2.66. The van der Waals surface area contributed by atoms with Gasteiger partial charge < -0.3 is 0 Å². The van der Waals surface area contributed by atoms with Gasteiger partial charge in [0.2, 0.25) is 0 Å². The molecule has 20 heavy (non-hydrogen) atoms. The van der Waals surface area contributed by atoms with Crippen molar-refractivity contribution in [2.24, 2.45) is 0 Å². The summed E-state index contributed by atoms with van der Waals surface area (Å²) in [6.45, 7) is 0. The largest absolute Gasteiger partial charge is 0.135 e. The van der Waals surface area contributed by atoms with Crippen LogP contribution in [0.4, 0.5) is 0 Å². The van der Waals surface area contributed by atoms with Crippen molar-refractivity contribution in [1.82, 2.24) is 0 Å². The molecule has 0 unspecified atom stereocenters. The van der Waals surface area contributed by atoms with E-state index in [9.17, 15) is 0 Å². The first-order valence-corrected chi connectivity index (χ1v) is 7.41. The Balaban J connectivity index is 2.10. The number of thiophene rings is 1. The van der Waals surface area contributed by atoms with Gasteiger partial charge in [0.1, 0.15) is 7.85 Å². The SMILES string of the molecule is [B]c1cccc(-c2cccc3c2sc2ccccc23)c1. The van der Waals surface area contributed by atoms with E-state index in [-0.39, 0.29) is 0 Å². The van der Waals surface area contributed by atoms with Crippen molar-refractivity contribution < 1.29 is 0 Å². The summed E-state index contributed by atoms with van der Waals surface area (Å²) in [6, 6.07) is 23.2. The van der Waals surface area contributed by atoms with E-state index in [2.05, 4.69) is 48.5 Å². The van der Waals surface area contributed by atoms with Crippen LogP contribution in [0.15, 0.2) is 66.7 Å². The van der Waals surface area contributed by atoms with Crippen molar-refractivity contribution in [2.45, 2.75) is 0 Å². The Hall–Kier alpha value is -2.06. The Bertz CT molecular complexity index is 921. The van der Waals surface area contributed by atoms with Crippen molar-refractivity contribution in [3.8, 4) is 11.1 Å². The van der Waals surface area contributed by atoms with Crippen molar-refractivity contribution in [3.63, 3.8) is 0 Å². The third-order valence-electron chi connectivity index (χ3n) is 3.60. The highest BCUT2D eigenvalue weighted by Gasteiger charge is 2.09. The van der Waals surface area contributed by atoms with E-state index in [4.69, 9.17) is 7.85 Å². The van der Waals surface area contributed by atoms with Gasteiger partial charge >= 0.3 is 0 Å². The lowest BCUT2D eigenvalue weighted by molar-refractivity contribution is 1.71. The van der Waals surface area contributed by atoms with E-state index in [0.29, 0.717) is 0 Å². The van der Waals surface area contributed by atoms with Gasteiger partial charge in [-0.15, -0.1) is 11.3 Å². The molecule has 0 fully saturated rings. The normalized spacial score (nSPS) is 11.2. The van der Waals surface area contributed by atoms with Crippen molar-refractivity contribution in [3.05, 3.63) is 66.7 Å². The molecule has 0 bridgehead atoms. The number of rotatable bonds is 1. The summed E-state index contributed by atoms with van der Waals surface area (Å²) in [5.74, 6) is 0. The molecule has 2 radical (unpaired) electrons. The zero-order chi connectivity index (χ0) is 13.5. The minimum absolute atomic E-state index is 0.806. The molecule has 1 aromatic heterocycles. The first kappa shape index (κ1) is 11.7. The van der Waals surface area contributed by atoms with Gasteiger partial charge in [-0.3, -0.25) is 0 Å². The summed E-state index contributed by atoms with van der Waals surface area (Å²) >= 11 is 1.85. The van der Waals surface area contributed by atoms with Crippen LogP contribution >= 0.6 is 11.3 Å². The number of hydrogen-bond donors (Lipinski definition) is 0. The van der Waals surface area contributed by atoms with Crippen molar-refractivity contribution in [2.75, 3.05) is 0 Å². The first-order chi connectivity index (χ1) is 9.83. The first-order valence-electron chi connectivity index (χ1n) is 6.59. The quantitative estimate of drug-likeness (QED) is 0.446. The average molecular weight is 270 g/mol. The smallest absolute Gasteiger partial charge is 0.113 e. The molecule has 0 nitrogen and oxygen atoms in total.